The van der Waals surface area contributed by atoms with Gasteiger partial charge in [-0.2, -0.15) is 4.42 Å². The summed E-state index contributed by atoms with van der Waals surface area (Å²) in [6, 6.07) is 5.72. The van der Waals surface area contributed by atoms with Crippen LogP contribution in [0.1, 0.15) is 5.56 Å². The maximum absolute atomic E-state index is 5.83. The fourth-order valence-corrected chi connectivity index (χ4v) is 1.55. The summed E-state index contributed by atoms with van der Waals surface area (Å²) in [7, 11) is 0. The first-order valence-corrected chi connectivity index (χ1v) is 5.22. The van der Waals surface area contributed by atoms with Crippen molar-refractivity contribution in [3.63, 3.8) is 0 Å². The third kappa shape index (κ3) is 2.56. The molecule has 1 aliphatic rings. The molecule has 0 aliphatic carbocycles. The molecule has 1 aromatic rings. The van der Waals surface area contributed by atoms with Crippen LogP contribution in [0.15, 0.2) is 23.2 Å². The van der Waals surface area contributed by atoms with Gasteiger partial charge in [-0.1, -0.05) is 0 Å². The molecule has 85 valence electrons. The Hall–Kier alpha value is -1.46. The van der Waals surface area contributed by atoms with Gasteiger partial charge in [-0.25, -0.2) is 4.99 Å². The highest BCUT2D eigenvalue weighted by Crippen LogP contribution is 2.17. The van der Waals surface area contributed by atoms with Gasteiger partial charge >= 0.3 is 0 Å². The molecule has 0 fully saturated rings. The molecule has 1 aliphatic heterocycles. The highest BCUT2D eigenvalue weighted by Gasteiger charge is 2.11. The number of aryl methyl sites for hydroxylation is 1. The van der Waals surface area contributed by atoms with E-state index in [0.717, 1.165) is 16.9 Å². The lowest BCUT2D eigenvalue weighted by atomic mass is 10.2. The first-order valence-electron chi connectivity index (χ1n) is 4.88. The predicted molar refractivity (Wildman–Crippen MR) is 65.9 cm³/mol. The van der Waals surface area contributed by atoms with E-state index in [1.807, 2.05) is 25.1 Å². The van der Waals surface area contributed by atoms with E-state index in [1.165, 1.54) is 0 Å². The Kier molecular flexibility index (Phi) is 3.17. The van der Waals surface area contributed by atoms with Gasteiger partial charge in [0, 0.05) is 5.69 Å². The second-order valence-corrected chi connectivity index (χ2v) is 4.09. The van der Waals surface area contributed by atoms with Crippen LogP contribution in [0.3, 0.4) is 0 Å². The van der Waals surface area contributed by atoms with Crippen molar-refractivity contribution < 1.29 is 0 Å². The van der Waals surface area contributed by atoms with Gasteiger partial charge in [0.05, 0.1) is 5.69 Å². The summed E-state index contributed by atoms with van der Waals surface area (Å²) in [5.74, 6) is 0. The zero-order valence-corrected chi connectivity index (χ0v) is 9.70. The van der Waals surface area contributed by atoms with Crippen LogP contribution in [0, 0.1) is 6.92 Å². The number of hydrazine groups is 1. The van der Waals surface area contributed by atoms with E-state index in [1.54, 1.807) is 9.43 Å². The number of anilines is 2. The summed E-state index contributed by atoms with van der Waals surface area (Å²) >= 11 is 5.83. The smallest absolute Gasteiger partial charge is 0.190 e. The second-order valence-electron chi connectivity index (χ2n) is 3.61. The molecule has 0 saturated carbocycles. The van der Waals surface area contributed by atoms with Crippen molar-refractivity contribution in [1.29, 1.82) is 0 Å². The number of hydrogen-bond acceptors (Lipinski definition) is 5. The number of nitrogens with zero attached hydrogens (tertiary/aromatic N) is 3. The lowest BCUT2D eigenvalue weighted by Crippen LogP contribution is -2.40. The minimum Gasteiger partial charge on any atom is -0.399 e. The Morgan fingerprint density at radius 2 is 2.38 bits per heavy atom. The van der Waals surface area contributed by atoms with Crippen molar-refractivity contribution >= 4 is 29.5 Å². The van der Waals surface area contributed by atoms with E-state index in [2.05, 4.69) is 16.8 Å². The highest BCUT2D eigenvalue weighted by molar-refractivity contribution is 6.13. The summed E-state index contributed by atoms with van der Waals surface area (Å²) in [6.45, 7) is 2.94. The average Bonchev–Trinajstić information content (AvgIpc) is 2.24. The molecule has 0 saturated heterocycles. The lowest BCUT2D eigenvalue weighted by Gasteiger charge is -2.27. The number of hydrogen-bond donors (Lipinski definition) is 2. The molecule has 3 N–H and O–H groups in total. The summed E-state index contributed by atoms with van der Waals surface area (Å²) in [6.07, 6.45) is 2.82. The topological polar surface area (TPSA) is 56.9 Å². The van der Waals surface area contributed by atoms with Gasteiger partial charge in [0.2, 0.25) is 0 Å². The zero-order valence-electron chi connectivity index (χ0n) is 8.94. The molecule has 1 aromatic carbocycles. The number of nitrogens with two attached hydrogens (primary N) is 1. The first kappa shape index (κ1) is 11.0. The number of halogens is 1. The van der Waals surface area contributed by atoms with Gasteiger partial charge in [-0.15, -0.1) is 0 Å². The fraction of sp³-hybridized carbons (Fsp3) is 0.300. The van der Waals surface area contributed by atoms with Crippen LogP contribution >= 0.6 is 11.8 Å². The van der Waals surface area contributed by atoms with Crippen molar-refractivity contribution in [1.82, 2.24) is 9.43 Å². The van der Waals surface area contributed by atoms with Crippen molar-refractivity contribution in [2.45, 2.75) is 6.92 Å². The fourth-order valence-electron chi connectivity index (χ4n) is 1.38. The summed E-state index contributed by atoms with van der Waals surface area (Å²) in [5.41, 5.74) is 11.6. The third-order valence-corrected chi connectivity index (χ3v) is 2.46. The van der Waals surface area contributed by atoms with Gasteiger partial charge in [0.25, 0.3) is 0 Å². The molecule has 0 bridgehead atoms. The molecule has 0 aromatic heterocycles. The molecule has 0 atom stereocenters. The number of rotatable bonds is 2. The van der Waals surface area contributed by atoms with Gasteiger partial charge in [-0.05, 0) is 42.5 Å². The Bertz CT molecular complexity index is 406. The van der Waals surface area contributed by atoms with Crippen molar-refractivity contribution in [2.24, 2.45) is 4.99 Å². The van der Waals surface area contributed by atoms with Gasteiger partial charge in [0.15, 0.2) is 6.34 Å². The summed E-state index contributed by atoms with van der Waals surface area (Å²) < 4.78 is 1.55. The molecule has 0 spiro atoms. The van der Waals surface area contributed by atoms with Gasteiger partial charge < -0.3 is 5.73 Å². The Morgan fingerprint density at radius 3 is 3.06 bits per heavy atom. The minimum atomic E-state index is 0.459. The summed E-state index contributed by atoms with van der Waals surface area (Å²) in [5, 5.41) is 1.68. The van der Waals surface area contributed by atoms with Gasteiger partial charge in [0.1, 0.15) is 13.3 Å². The van der Waals surface area contributed by atoms with E-state index >= 15 is 0 Å². The lowest BCUT2D eigenvalue weighted by molar-refractivity contribution is 0.312. The van der Waals surface area contributed by atoms with Crippen LogP contribution in [0.4, 0.5) is 11.4 Å². The van der Waals surface area contributed by atoms with E-state index in [4.69, 9.17) is 17.5 Å². The quantitative estimate of drug-likeness (QED) is 0.606. The van der Waals surface area contributed by atoms with E-state index in [-0.39, 0.29) is 0 Å². The highest BCUT2D eigenvalue weighted by atomic mass is 35.5. The molecule has 6 heteroatoms. The number of benzene rings is 1. The molecule has 0 unspecified atom stereocenters. The minimum absolute atomic E-state index is 0.459. The predicted octanol–water partition coefficient (Wildman–Crippen LogP) is 1.50. The Balaban J connectivity index is 2.06. The maximum Gasteiger partial charge on any atom is 0.190 e. The molecular formula is C10H13ClN5. The van der Waals surface area contributed by atoms with Gasteiger partial charge in [-0.3, -0.25) is 10.4 Å². The van der Waals surface area contributed by atoms with Crippen LogP contribution in [0.25, 0.3) is 0 Å². The molecule has 1 radical (unpaired) electrons. The second kappa shape index (κ2) is 4.59. The summed E-state index contributed by atoms with van der Waals surface area (Å²) in [4.78, 5) is 3.96. The van der Waals surface area contributed by atoms with Crippen LogP contribution in [-0.4, -0.2) is 29.1 Å². The normalized spacial score (nSPS) is 16.5. The zero-order chi connectivity index (χ0) is 11.5. The molecule has 2 rings (SSSR count). The number of nitrogen functional groups attached to an aromatic ring is 1. The average molecular weight is 239 g/mol. The molecule has 1 heterocycles. The molecule has 0 amide bonds. The molecule has 16 heavy (non-hydrogen) atoms. The van der Waals surface area contributed by atoms with Crippen LogP contribution in [-0.2, 0) is 0 Å². The van der Waals surface area contributed by atoms with Crippen LogP contribution in [0.5, 0.6) is 0 Å². The van der Waals surface area contributed by atoms with Crippen molar-refractivity contribution in [2.75, 3.05) is 24.5 Å². The maximum atomic E-state index is 5.83. The monoisotopic (exact) mass is 238 g/mol. The van der Waals surface area contributed by atoms with E-state index in [0.29, 0.717) is 13.3 Å². The number of nitrogens with one attached hydrogen (secondary N) is 1. The van der Waals surface area contributed by atoms with Crippen molar-refractivity contribution in [3.8, 4) is 0 Å². The number of aliphatic imine (C=N–C) groups is 1. The van der Waals surface area contributed by atoms with Crippen LogP contribution in [0.2, 0.25) is 0 Å². The Morgan fingerprint density at radius 1 is 1.56 bits per heavy atom. The standard InChI is InChI=1S/C10H13ClN5/c1-8-4-9(2-3-10(8)12)14-16-6-13-5-15(11)7-16/h2-4,14H,5,7,12H2,1H3. The van der Waals surface area contributed by atoms with E-state index in [9.17, 15) is 0 Å². The SMILES string of the molecule is Cc1cc(NN2[C]=NCN(Cl)C2)ccc1N. The van der Waals surface area contributed by atoms with Crippen LogP contribution < -0.4 is 11.2 Å². The Labute approximate surface area is 99.6 Å². The van der Waals surface area contributed by atoms with Crippen molar-refractivity contribution in [3.05, 3.63) is 23.8 Å². The molecule has 5 nitrogen and oxygen atoms in total. The third-order valence-electron chi connectivity index (χ3n) is 2.24. The largest absolute Gasteiger partial charge is 0.399 e. The van der Waals surface area contributed by atoms with E-state index < -0.39 is 0 Å². The first-order chi connectivity index (χ1) is 7.65. The molecular weight excluding hydrogens is 226 g/mol.